The number of fused-ring (bicyclic) bond motifs is 1. The summed E-state index contributed by atoms with van der Waals surface area (Å²) in [6.07, 6.45) is 3.25. The molecule has 0 aliphatic carbocycles. The Kier molecular flexibility index (Phi) is 2.18. The highest BCUT2D eigenvalue weighted by Crippen LogP contribution is 2.26. The molecular formula is C11H11N3O2. The van der Waals surface area contributed by atoms with E-state index in [1.54, 1.807) is 6.20 Å². The van der Waals surface area contributed by atoms with Crippen molar-refractivity contribution in [2.75, 3.05) is 31.2 Å². The molecule has 16 heavy (non-hydrogen) atoms. The van der Waals surface area contributed by atoms with Gasteiger partial charge in [-0.3, -0.25) is 9.78 Å². The van der Waals surface area contributed by atoms with Crippen molar-refractivity contribution in [3.8, 4) is 0 Å². The highest BCUT2D eigenvalue weighted by atomic mass is 16.5. The zero-order chi connectivity index (χ0) is 11.0. The van der Waals surface area contributed by atoms with Crippen LogP contribution in [0.3, 0.4) is 0 Å². The van der Waals surface area contributed by atoms with Crippen LogP contribution in [0.15, 0.2) is 17.3 Å². The zero-order valence-corrected chi connectivity index (χ0v) is 8.72. The zero-order valence-electron chi connectivity index (χ0n) is 8.72. The average Bonchev–Trinajstić information content (AvgIpc) is 2.73. The third-order valence-corrected chi connectivity index (χ3v) is 2.83. The lowest BCUT2D eigenvalue weighted by atomic mass is 10.1. The van der Waals surface area contributed by atoms with E-state index in [0.717, 1.165) is 18.8 Å². The maximum atomic E-state index is 11.6. The monoisotopic (exact) mass is 217 g/mol. The highest BCUT2D eigenvalue weighted by Gasteiger charge is 2.24. The van der Waals surface area contributed by atoms with Gasteiger partial charge >= 0.3 is 0 Å². The van der Waals surface area contributed by atoms with Crippen molar-refractivity contribution in [2.24, 2.45) is 4.99 Å². The molecule has 1 saturated heterocycles. The van der Waals surface area contributed by atoms with Crippen LogP contribution >= 0.6 is 0 Å². The molecule has 0 unspecified atom stereocenters. The van der Waals surface area contributed by atoms with Gasteiger partial charge in [0.1, 0.15) is 0 Å². The van der Waals surface area contributed by atoms with Crippen LogP contribution in [0.4, 0.5) is 5.69 Å². The van der Waals surface area contributed by atoms with Crippen molar-refractivity contribution in [2.45, 2.75) is 0 Å². The van der Waals surface area contributed by atoms with Gasteiger partial charge in [0.2, 0.25) is 0 Å². The summed E-state index contributed by atoms with van der Waals surface area (Å²) in [5.41, 5.74) is 2.23. The number of amides is 1. The lowest BCUT2D eigenvalue weighted by molar-refractivity contribution is 0.100. The minimum atomic E-state index is -0.190. The number of carbonyl (C=O) groups is 1. The van der Waals surface area contributed by atoms with E-state index in [-0.39, 0.29) is 5.91 Å². The number of ether oxygens (including phenoxy) is 1. The quantitative estimate of drug-likeness (QED) is 0.687. The molecule has 0 atom stereocenters. The molecule has 82 valence electrons. The second kappa shape index (κ2) is 3.68. The maximum absolute atomic E-state index is 11.6. The van der Waals surface area contributed by atoms with Crippen LogP contribution < -0.4 is 4.90 Å². The predicted molar refractivity (Wildman–Crippen MR) is 59.2 cm³/mol. The summed E-state index contributed by atoms with van der Waals surface area (Å²) in [5, 5.41) is 0. The van der Waals surface area contributed by atoms with Gasteiger partial charge in [-0.25, -0.2) is 4.99 Å². The van der Waals surface area contributed by atoms with Gasteiger partial charge in [-0.1, -0.05) is 0 Å². The second-order valence-electron chi connectivity index (χ2n) is 3.75. The molecule has 2 aliphatic heterocycles. The van der Waals surface area contributed by atoms with E-state index in [1.165, 1.54) is 6.21 Å². The molecule has 3 heterocycles. The Hall–Kier alpha value is -1.75. The molecule has 0 aromatic carbocycles. The van der Waals surface area contributed by atoms with Crippen LogP contribution in [-0.2, 0) is 4.74 Å². The van der Waals surface area contributed by atoms with Crippen molar-refractivity contribution < 1.29 is 9.53 Å². The smallest absolute Gasteiger partial charge is 0.281 e. The summed E-state index contributed by atoms with van der Waals surface area (Å²) in [7, 11) is 0. The minimum absolute atomic E-state index is 0.190. The van der Waals surface area contributed by atoms with Gasteiger partial charge in [0, 0.05) is 19.3 Å². The number of aliphatic imine (C=N–C) groups is 1. The largest absolute Gasteiger partial charge is 0.378 e. The van der Waals surface area contributed by atoms with E-state index < -0.39 is 0 Å². The number of pyridine rings is 1. The Morgan fingerprint density at radius 2 is 2.12 bits per heavy atom. The fraction of sp³-hybridized carbons (Fsp3) is 0.364. The van der Waals surface area contributed by atoms with Crippen LogP contribution in [-0.4, -0.2) is 43.4 Å². The van der Waals surface area contributed by atoms with Crippen LogP contribution in [0.2, 0.25) is 0 Å². The first-order valence-electron chi connectivity index (χ1n) is 5.26. The third kappa shape index (κ3) is 1.40. The number of anilines is 1. The summed E-state index contributed by atoms with van der Waals surface area (Å²) in [5.74, 6) is -0.190. The molecule has 2 aliphatic rings. The van der Waals surface area contributed by atoms with Gasteiger partial charge in [0.05, 0.1) is 36.4 Å². The molecular weight excluding hydrogens is 206 g/mol. The molecule has 3 rings (SSSR count). The number of carbonyl (C=O) groups excluding carboxylic acids is 1. The van der Waals surface area contributed by atoms with Gasteiger partial charge in [-0.15, -0.1) is 0 Å². The van der Waals surface area contributed by atoms with Crippen LogP contribution in [0.25, 0.3) is 0 Å². The van der Waals surface area contributed by atoms with E-state index in [0.29, 0.717) is 24.5 Å². The summed E-state index contributed by atoms with van der Waals surface area (Å²) < 4.78 is 5.29. The fourth-order valence-electron chi connectivity index (χ4n) is 2.04. The molecule has 0 spiro atoms. The Morgan fingerprint density at radius 1 is 1.31 bits per heavy atom. The fourth-order valence-corrected chi connectivity index (χ4v) is 2.04. The molecule has 5 nitrogen and oxygen atoms in total. The maximum Gasteiger partial charge on any atom is 0.281 e. The SMILES string of the molecule is O=C1N=Cc2nccc(N3CCOCC3)c21. The van der Waals surface area contributed by atoms with E-state index in [4.69, 9.17) is 4.74 Å². The summed E-state index contributed by atoms with van der Waals surface area (Å²) >= 11 is 0. The number of morpholine rings is 1. The van der Waals surface area contributed by atoms with E-state index >= 15 is 0 Å². The molecule has 1 amide bonds. The van der Waals surface area contributed by atoms with E-state index in [9.17, 15) is 4.79 Å². The van der Waals surface area contributed by atoms with Crippen molar-refractivity contribution >= 4 is 17.8 Å². The first kappa shape index (κ1) is 9.47. The normalized spacial score (nSPS) is 19.0. The van der Waals surface area contributed by atoms with Crippen molar-refractivity contribution in [1.82, 2.24) is 4.98 Å². The number of nitrogens with zero attached hydrogens (tertiary/aromatic N) is 3. The number of rotatable bonds is 1. The number of aromatic nitrogens is 1. The van der Waals surface area contributed by atoms with Crippen molar-refractivity contribution in [3.63, 3.8) is 0 Å². The first-order valence-corrected chi connectivity index (χ1v) is 5.26. The molecule has 0 radical (unpaired) electrons. The van der Waals surface area contributed by atoms with E-state index in [1.807, 2.05) is 6.07 Å². The van der Waals surface area contributed by atoms with Crippen LogP contribution in [0.1, 0.15) is 16.1 Å². The third-order valence-electron chi connectivity index (χ3n) is 2.83. The van der Waals surface area contributed by atoms with E-state index in [2.05, 4.69) is 14.9 Å². The standard InChI is InChI=1S/C11H11N3O2/c15-11-10-8(7-13-11)12-2-1-9(10)14-3-5-16-6-4-14/h1-2,7H,3-6H2. The molecule has 0 bridgehead atoms. The van der Waals surface area contributed by atoms with Crippen molar-refractivity contribution in [1.29, 1.82) is 0 Å². The summed E-state index contributed by atoms with van der Waals surface area (Å²) in [6, 6.07) is 1.87. The van der Waals surface area contributed by atoms with Crippen LogP contribution in [0, 0.1) is 0 Å². The Morgan fingerprint density at radius 3 is 2.94 bits per heavy atom. The Labute approximate surface area is 92.8 Å². The molecule has 0 saturated carbocycles. The Bertz CT molecular complexity index is 464. The summed E-state index contributed by atoms with van der Waals surface area (Å²) in [6.45, 7) is 3.02. The highest BCUT2D eigenvalue weighted by molar-refractivity contribution is 6.15. The lowest BCUT2D eigenvalue weighted by Gasteiger charge is -2.29. The topological polar surface area (TPSA) is 54.8 Å². The minimum Gasteiger partial charge on any atom is -0.378 e. The molecule has 5 heteroatoms. The van der Waals surface area contributed by atoms with Crippen molar-refractivity contribution in [3.05, 3.63) is 23.5 Å². The van der Waals surface area contributed by atoms with Gasteiger partial charge in [-0.05, 0) is 6.07 Å². The van der Waals surface area contributed by atoms with Gasteiger partial charge in [0.15, 0.2) is 0 Å². The second-order valence-corrected chi connectivity index (χ2v) is 3.75. The molecule has 1 aromatic heterocycles. The van der Waals surface area contributed by atoms with Gasteiger partial charge in [-0.2, -0.15) is 0 Å². The lowest BCUT2D eigenvalue weighted by Crippen LogP contribution is -2.37. The molecule has 1 fully saturated rings. The summed E-state index contributed by atoms with van der Waals surface area (Å²) in [4.78, 5) is 21.7. The van der Waals surface area contributed by atoms with Gasteiger partial charge in [0.25, 0.3) is 5.91 Å². The molecule has 1 aromatic rings. The average molecular weight is 217 g/mol. The van der Waals surface area contributed by atoms with Crippen LogP contribution in [0.5, 0.6) is 0 Å². The first-order chi connectivity index (χ1) is 7.86. The number of hydrogen-bond acceptors (Lipinski definition) is 4. The molecule has 0 N–H and O–H groups in total. The number of hydrogen-bond donors (Lipinski definition) is 0. The Balaban J connectivity index is 2.02. The predicted octanol–water partition coefficient (Wildman–Crippen LogP) is 0.491. The van der Waals surface area contributed by atoms with Gasteiger partial charge < -0.3 is 9.64 Å².